The Morgan fingerprint density at radius 1 is 0.250 bits per heavy atom. The molecular formula is C71H45N5. The highest BCUT2D eigenvalue weighted by Crippen LogP contribution is 2.45. The normalized spacial score (nSPS) is 12.4. The molecule has 16 rings (SSSR count). The van der Waals surface area contributed by atoms with Crippen LogP contribution < -0.4 is 0 Å². The van der Waals surface area contributed by atoms with E-state index in [0.29, 0.717) is 17.5 Å². The highest BCUT2D eigenvalue weighted by molar-refractivity contribution is 6.12. The van der Waals surface area contributed by atoms with Crippen LogP contribution in [0.2, 0.25) is 0 Å². The van der Waals surface area contributed by atoms with E-state index < -0.39 is 0 Å². The Balaban J connectivity index is 0.800. The van der Waals surface area contributed by atoms with Crippen LogP contribution in [0.15, 0.2) is 249 Å². The summed E-state index contributed by atoms with van der Waals surface area (Å²) in [5, 5.41) is 4.86. The van der Waals surface area contributed by atoms with Crippen LogP contribution in [-0.2, 0) is 12.8 Å². The minimum Gasteiger partial charge on any atom is -0.309 e. The Bertz CT molecular complexity index is 4430. The third-order valence-corrected chi connectivity index (χ3v) is 16.1. The van der Waals surface area contributed by atoms with Crippen LogP contribution in [0.3, 0.4) is 0 Å². The largest absolute Gasteiger partial charge is 0.309 e. The van der Waals surface area contributed by atoms with Crippen molar-refractivity contribution in [1.29, 1.82) is 0 Å². The third kappa shape index (κ3) is 6.62. The van der Waals surface area contributed by atoms with E-state index in [1.807, 2.05) is 18.2 Å². The van der Waals surface area contributed by atoms with Crippen molar-refractivity contribution in [3.8, 4) is 90.0 Å². The van der Waals surface area contributed by atoms with Crippen LogP contribution >= 0.6 is 0 Å². The van der Waals surface area contributed by atoms with E-state index >= 15 is 0 Å². The lowest BCUT2D eigenvalue weighted by Gasteiger charge is -2.13. The molecule has 2 aliphatic carbocycles. The first-order valence-corrected chi connectivity index (χ1v) is 26.2. The molecule has 0 fully saturated rings. The van der Waals surface area contributed by atoms with Gasteiger partial charge in [-0.1, -0.05) is 188 Å². The maximum absolute atomic E-state index is 5.33. The summed E-state index contributed by atoms with van der Waals surface area (Å²) in [5.41, 5.74) is 25.4. The van der Waals surface area contributed by atoms with Crippen LogP contribution in [0.5, 0.6) is 0 Å². The first-order chi connectivity index (χ1) is 37.7. The van der Waals surface area contributed by atoms with Gasteiger partial charge in [0.25, 0.3) is 0 Å². The molecular weight excluding hydrogens is 923 g/mol. The summed E-state index contributed by atoms with van der Waals surface area (Å²) in [6, 6.07) is 90.2. The van der Waals surface area contributed by atoms with Gasteiger partial charge in [-0.2, -0.15) is 0 Å². The van der Waals surface area contributed by atoms with E-state index in [9.17, 15) is 0 Å². The lowest BCUT2D eigenvalue weighted by molar-refractivity contribution is 1.07. The molecule has 0 saturated heterocycles. The van der Waals surface area contributed by atoms with E-state index in [2.05, 4.69) is 240 Å². The predicted octanol–water partition coefficient (Wildman–Crippen LogP) is 17.5. The number of hydrogen-bond donors (Lipinski definition) is 0. The maximum atomic E-state index is 5.33. The highest BCUT2D eigenvalue weighted by atomic mass is 15.0. The quantitative estimate of drug-likeness (QED) is 0.160. The molecule has 354 valence electrons. The standard InChI is InChI=1S/C71H45N5/c1-2-16-44(17-3-1)69-72-70(49-20-12-22-51(38-49)75-65-32-10-8-26-59(65)63-42-47(34-36-67(63)75)55-28-14-30-57-53-24-6-4-18-45(53)40-61(55)57)74-71(73-69)50-21-13-23-52(39-50)76-66-33-11-9-27-60(66)64-43-48(35-37-68(64)76)56-29-15-31-58-54-25-7-5-19-46(54)41-62(56)58/h1-39,42-43H,40-41H2. The van der Waals surface area contributed by atoms with Gasteiger partial charge >= 0.3 is 0 Å². The van der Waals surface area contributed by atoms with Gasteiger partial charge in [-0.15, -0.1) is 0 Å². The first kappa shape index (κ1) is 42.5. The summed E-state index contributed by atoms with van der Waals surface area (Å²) in [6.07, 6.45) is 1.89. The molecule has 3 heterocycles. The van der Waals surface area contributed by atoms with Crippen molar-refractivity contribution in [2.24, 2.45) is 0 Å². The van der Waals surface area contributed by atoms with Crippen molar-refractivity contribution >= 4 is 43.6 Å². The van der Waals surface area contributed by atoms with Crippen molar-refractivity contribution in [3.05, 3.63) is 271 Å². The van der Waals surface area contributed by atoms with E-state index in [1.54, 1.807) is 0 Å². The van der Waals surface area contributed by atoms with Crippen molar-refractivity contribution in [1.82, 2.24) is 24.1 Å². The smallest absolute Gasteiger partial charge is 0.164 e. The fourth-order valence-corrected chi connectivity index (χ4v) is 12.6. The predicted molar refractivity (Wildman–Crippen MR) is 312 cm³/mol. The number of benzene rings is 11. The lowest BCUT2D eigenvalue weighted by Crippen LogP contribution is -2.02. The molecule has 3 aromatic heterocycles. The SMILES string of the molecule is c1ccc(-c2nc(-c3cccc(-n4c5ccccc5c5cc(-c6cccc7c6Cc6ccccc6-7)ccc54)c3)nc(-c3cccc(-n4c5ccccc5c5cc(-c6cccc7c6Cc6ccccc6-7)ccc54)c3)n2)cc1. The molecule has 76 heavy (non-hydrogen) atoms. The fourth-order valence-electron chi connectivity index (χ4n) is 12.6. The van der Waals surface area contributed by atoms with E-state index in [-0.39, 0.29) is 0 Å². The Morgan fingerprint density at radius 2 is 0.632 bits per heavy atom. The van der Waals surface area contributed by atoms with Gasteiger partial charge < -0.3 is 9.13 Å². The molecule has 0 radical (unpaired) electrons. The van der Waals surface area contributed by atoms with Crippen LogP contribution in [0.25, 0.3) is 134 Å². The van der Waals surface area contributed by atoms with Crippen molar-refractivity contribution < 1.29 is 0 Å². The molecule has 0 aliphatic heterocycles. The Morgan fingerprint density at radius 3 is 1.14 bits per heavy atom. The molecule has 5 heteroatoms. The van der Waals surface area contributed by atoms with Crippen molar-refractivity contribution in [3.63, 3.8) is 0 Å². The summed E-state index contributed by atoms with van der Waals surface area (Å²) in [4.78, 5) is 15.8. The number of fused-ring (bicyclic) bond motifs is 12. The lowest BCUT2D eigenvalue weighted by atomic mass is 9.94. The number of nitrogens with zero attached hydrogens (tertiary/aromatic N) is 5. The molecule has 5 nitrogen and oxygen atoms in total. The van der Waals surface area contributed by atoms with Gasteiger partial charge in [-0.3, -0.25) is 0 Å². The fraction of sp³-hybridized carbons (Fsp3) is 0.0282. The third-order valence-electron chi connectivity index (χ3n) is 16.1. The van der Waals surface area contributed by atoms with Gasteiger partial charge in [0.1, 0.15) is 0 Å². The number of para-hydroxylation sites is 2. The van der Waals surface area contributed by atoms with Crippen LogP contribution in [-0.4, -0.2) is 24.1 Å². The second-order valence-corrected chi connectivity index (χ2v) is 20.3. The summed E-state index contributed by atoms with van der Waals surface area (Å²) < 4.78 is 4.76. The van der Waals surface area contributed by atoms with Gasteiger partial charge in [0.2, 0.25) is 0 Å². The Kier molecular flexibility index (Phi) is 9.39. The molecule has 0 saturated carbocycles. The number of hydrogen-bond acceptors (Lipinski definition) is 3. The maximum Gasteiger partial charge on any atom is 0.164 e. The van der Waals surface area contributed by atoms with Gasteiger partial charge in [-0.25, -0.2) is 15.0 Å². The minimum absolute atomic E-state index is 0.609. The molecule has 0 unspecified atom stereocenters. The molecule has 0 atom stereocenters. The highest BCUT2D eigenvalue weighted by Gasteiger charge is 2.25. The van der Waals surface area contributed by atoms with Crippen LogP contribution in [0.4, 0.5) is 0 Å². The average Bonchev–Trinajstić information content (AvgIpc) is 4.29. The second-order valence-electron chi connectivity index (χ2n) is 20.3. The zero-order valence-corrected chi connectivity index (χ0v) is 41.3. The monoisotopic (exact) mass is 967 g/mol. The summed E-state index contributed by atoms with van der Waals surface area (Å²) in [5.74, 6) is 1.84. The van der Waals surface area contributed by atoms with E-state index in [0.717, 1.165) is 63.0 Å². The minimum atomic E-state index is 0.609. The summed E-state index contributed by atoms with van der Waals surface area (Å²) in [6.45, 7) is 0. The topological polar surface area (TPSA) is 48.5 Å². The Hall–Kier alpha value is -9.97. The molecule has 11 aromatic carbocycles. The summed E-state index contributed by atoms with van der Waals surface area (Å²) >= 11 is 0. The molecule has 0 N–H and O–H groups in total. The first-order valence-electron chi connectivity index (χ1n) is 26.2. The van der Waals surface area contributed by atoms with Gasteiger partial charge in [0.15, 0.2) is 17.5 Å². The molecule has 2 aliphatic rings. The van der Waals surface area contributed by atoms with Gasteiger partial charge in [0.05, 0.1) is 22.1 Å². The molecule has 0 bridgehead atoms. The van der Waals surface area contributed by atoms with Gasteiger partial charge in [-0.05, 0) is 140 Å². The molecule has 14 aromatic rings. The van der Waals surface area contributed by atoms with Crippen molar-refractivity contribution in [2.75, 3.05) is 0 Å². The second kappa shape index (κ2) is 16.8. The van der Waals surface area contributed by atoms with Crippen LogP contribution in [0, 0.1) is 0 Å². The Labute approximate surface area is 439 Å². The number of rotatable bonds is 7. The summed E-state index contributed by atoms with van der Waals surface area (Å²) in [7, 11) is 0. The van der Waals surface area contributed by atoms with Crippen LogP contribution in [0.1, 0.15) is 22.3 Å². The van der Waals surface area contributed by atoms with Gasteiger partial charge in [0, 0.05) is 49.6 Å². The van der Waals surface area contributed by atoms with E-state index in [4.69, 9.17) is 15.0 Å². The van der Waals surface area contributed by atoms with Crippen molar-refractivity contribution in [2.45, 2.75) is 12.8 Å². The zero-order valence-electron chi connectivity index (χ0n) is 41.3. The zero-order chi connectivity index (χ0) is 49.8. The molecule has 0 spiro atoms. The average molecular weight is 968 g/mol. The van der Waals surface area contributed by atoms with E-state index in [1.165, 1.54) is 88.3 Å². The number of aromatic nitrogens is 5. The molecule has 0 amide bonds.